The van der Waals surface area contributed by atoms with Crippen LogP contribution in [0.1, 0.15) is 42.9 Å². The molecule has 1 unspecified atom stereocenters. The fraction of sp³-hybridized carbons (Fsp3) is 0.375. The van der Waals surface area contributed by atoms with Gasteiger partial charge in [-0.2, -0.15) is 10.2 Å². The predicted molar refractivity (Wildman–Crippen MR) is 112 cm³/mol. The van der Waals surface area contributed by atoms with E-state index >= 15 is 0 Å². The second-order valence-electron chi connectivity index (χ2n) is 9.60. The first kappa shape index (κ1) is 18.7. The Labute approximate surface area is 178 Å². The topological polar surface area (TPSA) is 50.5 Å². The molecule has 3 fully saturated rings. The van der Waals surface area contributed by atoms with E-state index in [4.69, 9.17) is 5.10 Å². The molecule has 3 aromatic rings. The van der Waals surface area contributed by atoms with Crippen molar-refractivity contribution in [1.82, 2.24) is 14.8 Å². The number of amides is 1. The largest absolute Gasteiger partial charge is 0.272 e. The Balaban J connectivity index is 1.17. The molecule has 2 heterocycles. The van der Waals surface area contributed by atoms with Crippen LogP contribution in [0, 0.1) is 29.4 Å². The number of nitrogens with zero attached hydrogens (tertiary/aromatic N) is 4. The fourth-order valence-electron chi connectivity index (χ4n) is 5.89. The number of hydrogen-bond acceptors (Lipinski definition) is 3. The van der Waals surface area contributed by atoms with Gasteiger partial charge in [0.1, 0.15) is 11.6 Å². The number of halogens is 2. The van der Waals surface area contributed by atoms with Crippen LogP contribution in [-0.4, -0.2) is 26.9 Å². The molecule has 0 N–H and O–H groups in total. The van der Waals surface area contributed by atoms with E-state index in [0.717, 1.165) is 42.8 Å². The monoisotopic (exact) mass is 420 g/mol. The van der Waals surface area contributed by atoms with E-state index in [1.807, 2.05) is 4.68 Å². The third kappa shape index (κ3) is 2.82. The molecule has 1 aromatic heterocycles. The summed E-state index contributed by atoms with van der Waals surface area (Å²) >= 11 is 0. The van der Waals surface area contributed by atoms with E-state index in [0.29, 0.717) is 12.0 Å². The lowest BCUT2D eigenvalue weighted by Crippen LogP contribution is -2.68. The molecule has 3 saturated carbocycles. The van der Waals surface area contributed by atoms with Crippen molar-refractivity contribution in [1.29, 1.82) is 0 Å². The van der Waals surface area contributed by atoms with Gasteiger partial charge in [-0.1, -0.05) is 12.1 Å². The van der Waals surface area contributed by atoms with Crippen molar-refractivity contribution in [3.05, 3.63) is 65.4 Å². The molecule has 0 radical (unpaired) electrons. The van der Waals surface area contributed by atoms with Crippen LogP contribution in [0.5, 0.6) is 0 Å². The van der Waals surface area contributed by atoms with E-state index in [9.17, 15) is 13.6 Å². The van der Waals surface area contributed by atoms with Gasteiger partial charge < -0.3 is 0 Å². The van der Waals surface area contributed by atoms with Crippen LogP contribution in [0.3, 0.4) is 0 Å². The van der Waals surface area contributed by atoms with Crippen LogP contribution < -0.4 is 0 Å². The number of benzene rings is 2. The number of hydrazone groups is 1. The van der Waals surface area contributed by atoms with Gasteiger partial charge in [-0.15, -0.1) is 0 Å². The molecule has 2 bridgehead atoms. The molecule has 7 rings (SSSR count). The number of aromatic nitrogens is 2. The molecule has 1 atom stereocenters. The molecule has 1 aliphatic heterocycles. The fourth-order valence-corrected chi connectivity index (χ4v) is 5.89. The van der Waals surface area contributed by atoms with E-state index in [1.165, 1.54) is 22.7 Å². The Morgan fingerprint density at radius 1 is 1.13 bits per heavy atom. The Bertz CT molecular complexity index is 1220. The van der Waals surface area contributed by atoms with Crippen molar-refractivity contribution < 1.29 is 13.6 Å². The second kappa shape index (κ2) is 6.22. The van der Waals surface area contributed by atoms with Crippen molar-refractivity contribution in [3.63, 3.8) is 0 Å². The minimum absolute atomic E-state index is 0.0287. The molecule has 0 spiro atoms. The average Bonchev–Trinajstić information content (AvgIpc) is 3.28. The van der Waals surface area contributed by atoms with E-state index < -0.39 is 23.1 Å². The lowest BCUT2D eigenvalue weighted by Gasteiger charge is -2.69. The molecule has 0 saturated heterocycles. The predicted octanol–water partition coefficient (Wildman–Crippen LogP) is 4.75. The number of carbonyl (C=O) groups is 1. The van der Waals surface area contributed by atoms with Crippen molar-refractivity contribution in [2.45, 2.75) is 45.2 Å². The first-order chi connectivity index (χ1) is 14.8. The summed E-state index contributed by atoms with van der Waals surface area (Å²) in [5, 5.41) is 11.5. The highest BCUT2D eigenvalue weighted by Gasteiger charge is 2.72. The molecule has 2 aromatic carbocycles. The number of aryl methyl sites for hydroxylation is 1. The number of carbonyl (C=O) groups excluding carboxylic acids is 1. The number of rotatable bonds is 4. The van der Waals surface area contributed by atoms with Gasteiger partial charge in [-0.3, -0.25) is 9.48 Å². The highest BCUT2D eigenvalue weighted by atomic mass is 19.1. The van der Waals surface area contributed by atoms with Crippen LogP contribution in [0.25, 0.3) is 10.9 Å². The highest BCUT2D eigenvalue weighted by Crippen LogP contribution is 2.74. The first-order valence-electron chi connectivity index (χ1n) is 10.6. The summed E-state index contributed by atoms with van der Waals surface area (Å²) in [5.74, 6) is -1.31. The van der Waals surface area contributed by atoms with Gasteiger partial charge in [0.15, 0.2) is 0 Å². The van der Waals surface area contributed by atoms with Crippen LogP contribution in [-0.2, 0) is 11.3 Å². The maximum absolute atomic E-state index is 13.7. The van der Waals surface area contributed by atoms with E-state index in [-0.39, 0.29) is 11.3 Å². The summed E-state index contributed by atoms with van der Waals surface area (Å²) in [6.07, 6.45) is 6.63. The number of hydrogen-bond donors (Lipinski definition) is 0. The SMILES string of the molecule is Cc1ccc2cn(CC34CC(C(=O)N5N=CCC5c5cc(F)cc(F)c5)(C3)C4)nc2c1. The Hall–Kier alpha value is -3.09. The minimum Gasteiger partial charge on any atom is -0.272 e. The van der Waals surface area contributed by atoms with Gasteiger partial charge in [-0.05, 0) is 60.9 Å². The zero-order chi connectivity index (χ0) is 21.4. The van der Waals surface area contributed by atoms with Crippen molar-refractivity contribution >= 4 is 23.0 Å². The average molecular weight is 420 g/mol. The third-order valence-corrected chi connectivity index (χ3v) is 7.11. The third-order valence-electron chi connectivity index (χ3n) is 7.11. The molecular weight excluding hydrogens is 398 g/mol. The standard InChI is InChI=1S/C24H22F2N4O/c1-15-2-3-16-10-29(28-20(16)6-15)14-23-11-24(12-23,13-23)22(31)30-21(4-5-27-30)17-7-18(25)9-19(26)8-17/h2-3,5-10,21H,4,11-14H2,1H3. The Morgan fingerprint density at radius 3 is 2.61 bits per heavy atom. The first-order valence-corrected chi connectivity index (χ1v) is 10.6. The Morgan fingerprint density at radius 2 is 1.87 bits per heavy atom. The van der Waals surface area contributed by atoms with Gasteiger partial charge in [0.2, 0.25) is 5.91 Å². The molecule has 158 valence electrons. The Kier molecular flexibility index (Phi) is 3.74. The van der Waals surface area contributed by atoms with Crippen molar-refractivity contribution in [3.8, 4) is 0 Å². The molecule has 3 aliphatic carbocycles. The summed E-state index contributed by atoms with van der Waals surface area (Å²) < 4.78 is 29.4. The smallest absolute Gasteiger partial charge is 0.249 e. The normalized spacial score (nSPS) is 28.6. The summed E-state index contributed by atoms with van der Waals surface area (Å²) in [6, 6.07) is 9.23. The van der Waals surface area contributed by atoms with Gasteiger partial charge in [-0.25, -0.2) is 13.8 Å². The molecule has 1 amide bonds. The molecule has 7 heteroatoms. The van der Waals surface area contributed by atoms with Crippen molar-refractivity contribution in [2.75, 3.05) is 0 Å². The zero-order valence-corrected chi connectivity index (χ0v) is 17.2. The second-order valence-corrected chi connectivity index (χ2v) is 9.60. The summed E-state index contributed by atoms with van der Waals surface area (Å²) in [6.45, 7) is 2.86. The minimum atomic E-state index is -0.638. The molecule has 31 heavy (non-hydrogen) atoms. The van der Waals surface area contributed by atoms with Crippen LogP contribution in [0.15, 0.2) is 47.7 Å². The highest BCUT2D eigenvalue weighted by molar-refractivity contribution is 5.88. The maximum atomic E-state index is 13.7. The summed E-state index contributed by atoms with van der Waals surface area (Å²) in [4.78, 5) is 13.3. The van der Waals surface area contributed by atoms with Gasteiger partial charge in [0.25, 0.3) is 0 Å². The van der Waals surface area contributed by atoms with Gasteiger partial charge >= 0.3 is 0 Å². The molecule has 5 nitrogen and oxygen atoms in total. The van der Waals surface area contributed by atoms with E-state index in [2.05, 4.69) is 36.4 Å². The number of fused-ring (bicyclic) bond motifs is 1. The van der Waals surface area contributed by atoms with Crippen LogP contribution >= 0.6 is 0 Å². The maximum Gasteiger partial charge on any atom is 0.249 e. The molecular formula is C24H22F2N4O. The zero-order valence-electron chi connectivity index (χ0n) is 17.2. The quantitative estimate of drug-likeness (QED) is 0.612. The lowest BCUT2D eigenvalue weighted by atomic mass is 9.34. The lowest BCUT2D eigenvalue weighted by molar-refractivity contribution is -0.223. The van der Waals surface area contributed by atoms with E-state index in [1.54, 1.807) is 6.21 Å². The van der Waals surface area contributed by atoms with Gasteiger partial charge in [0.05, 0.1) is 17.0 Å². The summed E-state index contributed by atoms with van der Waals surface area (Å²) in [5.41, 5.74) is 2.34. The van der Waals surface area contributed by atoms with Crippen molar-refractivity contribution in [2.24, 2.45) is 15.9 Å². The molecule has 4 aliphatic rings. The van der Waals surface area contributed by atoms with Crippen LogP contribution in [0.2, 0.25) is 0 Å². The van der Waals surface area contributed by atoms with Crippen LogP contribution in [0.4, 0.5) is 8.78 Å². The van der Waals surface area contributed by atoms with Gasteiger partial charge in [0, 0.05) is 36.8 Å². The summed E-state index contributed by atoms with van der Waals surface area (Å²) in [7, 11) is 0.